The Morgan fingerprint density at radius 2 is 1.80 bits per heavy atom. The Labute approximate surface area is 236 Å². The summed E-state index contributed by atoms with van der Waals surface area (Å²) in [4.78, 5) is 48.5. The van der Waals surface area contributed by atoms with E-state index >= 15 is 0 Å². The first kappa shape index (κ1) is 30.7. The van der Waals surface area contributed by atoms with Crippen LogP contribution in [0.4, 0.5) is 0 Å². The van der Waals surface area contributed by atoms with Crippen molar-refractivity contribution in [2.24, 2.45) is 5.92 Å². The summed E-state index contributed by atoms with van der Waals surface area (Å²) in [5.74, 6) is -3.73. The number of hydrogen-bond donors (Lipinski definition) is 5. The van der Waals surface area contributed by atoms with Gasteiger partial charge in [-0.2, -0.15) is 0 Å². The van der Waals surface area contributed by atoms with Gasteiger partial charge in [-0.1, -0.05) is 37.3 Å². The molecule has 0 saturated heterocycles. The fraction of sp³-hybridized carbons (Fsp3) is 0.310. The molecular weight excluding hydrogens is 534 g/mol. The van der Waals surface area contributed by atoms with Gasteiger partial charge in [0.25, 0.3) is 5.91 Å². The predicted molar refractivity (Wildman–Crippen MR) is 146 cm³/mol. The number of hydroxylamine groups is 2. The highest BCUT2D eigenvalue weighted by molar-refractivity contribution is 5.95. The highest BCUT2D eigenvalue weighted by atomic mass is 16.5. The monoisotopic (exact) mass is 567 g/mol. The molecule has 0 fully saturated rings. The zero-order valence-electron chi connectivity index (χ0n) is 22.7. The van der Waals surface area contributed by atoms with E-state index in [1.807, 2.05) is 30.3 Å². The molecule has 12 heteroatoms. The number of amides is 3. The van der Waals surface area contributed by atoms with Crippen molar-refractivity contribution in [1.82, 2.24) is 15.7 Å². The van der Waals surface area contributed by atoms with Gasteiger partial charge in [0.05, 0.1) is 30.8 Å². The lowest BCUT2D eigenvalue weighted by Gasteiger charge is -2.29. The summed E-state index contributed by atoms with van der Waals surface area (Å²) in [5.41, 5.74) is 0.626. The minimum absolute atomic E-state index is 0.0244. The first-order valence-corrected chi connectivity index (χ1v) is 13.1. The van der Waals surface area contributed by atoms with Gasteiger partial charge in [-0.05, 0) is 56.0 Å². The maximum absolute atomic E-state index is 13.1. The zero-order chi connectivity index (χ0) is 29.9. The van der Waals surface area contributed by atoms with Gasteiger partial charge in [-0.25, -0.2) is 9.86 Å². The van der Waals surface area contributed by atoms with Crippen LogP contribution >= 0.6 is 0 Å². The molecule has 3 rings (SSSR count). The van der Waals surface area contributed by atoms with Crippen LogP contribution < -0.4 is 15.4 Å². The molecule has 0 aliphatic carbocycles. The van der Waals surface area contributed by atoms with Crippen molar-refractivity contribution in [1.29, 1.82) is 0 Å². The summed E-state index contributed by atoms with van der Waals surface area (Å²) in [6, 6.07) is 14.0. The molecule has 2 atom stereocenters. The molecule has 3 aromatic rings. The van der Waals surface area contributed by atoms with Crippen molar-refractivity contribution in [3.8, 4) is 22.8 Å². The van der Waals surface area contributed by atoms with Gasteiger partial charge < -0.3 is 30.0 Å². The molecule has 1 aromatic heterocycles. The summed E-state index contributed by atoms with van der Waals surface area (Å²) in [5, 5.41) is 35.5. The molecule has 0 aliphatic heterocycles. The number of benzene rings is 2. The van der Waals surface area contributed by atoms with Crippen LogP contribution in [0.3, 0.4) is 0 Å². The first-order chi connectivity index (χ1) is 19.7. The summed E-state index contributed by atoms with van der Waals surface area (Å²) in [6.45, 7) is 3.46. The van der Waals surface area contributed by atoms with E-state index in [2.05, 4.69) is 10.6 Å². The number of furan rings is 1. The minimum atomic E-state index is -1.37. The molecule has 0 saturated carbocycles. The van der Waals surface area contributed by atoms with Crippen molar-refractivity contribution in [3.05, 3.63) is 71.5 Å². The molecule has 0 bridgehead atoms. The van der Waals surface area contributed by atoms with Crippen molar-refractivity contribution < 1.29 is 43.8 Å². The van der Waals surface area contributed by atoms with Crippen molar-refractivity contribution in [3.63, 3.8) is 0 Å². The second kappa shape index (κ2) is 14.5. The van der Waals surface area contributed by atoms with E-state index in [0.29, 0.717) is 24.3 Å². The van der Waals surface area contributed by atoms with Crippen LogP contribution in [0.25, 0.3) is 11.3 Å². The SMILES string of the molecule is CCOc1cc(C(=O)O)c(O)c(-c2ccc(C(=O)NCNC(=O)[C@H](CCc3ccccc3)[C@@H](CC)N(O)C=O)o2)c1. The van der Waals surface area contributed by atoms with E-state index in [9.17, 15) is 34.6 Å². The second-order valence-corrected chi connectivity index (χ2v) is 9.08. The predicted octanol–water partition coefficient (Wildman–Crippen LogP) is 3.43. The summed E-state index contributed by atoms with van der Waals surface area (Å²) >= 11 is 0. The van der Waals surface area contributed by atoms with Crippen LogP contribution in [-0.2, 0) is 16.0 Å². The number of aromatic carboxylic acids is 1. The smallest absolute Gasteiger partial charge is 0.339 e. The number of rotatable bonds is 15. The lowest BCUT2D eigenvalue weighted by molar-refractivity contribution is -0.168. The Morgan fingerprint density at radius 1 is 1.07 bits per heavy atom. The molecule has 0 radical (unpaired) electrons. The topological polar surface area (TPSA) is 179 Å². The third kappa shape index (κ3) is 7.85. The molecule has 218 valence electrons. The van der Waals surface area contributed by atoms with Crippen molar-refractivity contribution in [2.75, 3.05) is 13.3 Å². The number of aromatic hydroxyl groups is 1. The zero-order valence-corrected chi connectivity index (χ0v) is 22.7. The fourth-order valence-electron chi connectivity index (χ4n) is 4.44. The first-order valence-electron chi connectivity index (χ1n) is 13.1. The number of phenols is 1. The van der Waals surface area contributed by atoms with E-state index in [0.717, 1.165) is 5.56 Å². The number of carbonyl (C=O) groups excluding carboxylic acids is 3. The Bertz CT molecular complexity index is 1360. The van der Waals surface area contributed by atoms with Gasteiger partial charge in [0.1, 0.15) is 22.8 Å². The maximum atomic E-state index is 13.1. The fourth-order valence-corrected chi connectivity index (χ4v) is 4.44. The quantitative estimate of drug-likeness (QED) is 0.0796. The Balaban J connectivity index is 1.68. The molecule has 1 heterocycles. The average molecular weight is 568 g/mol. The molecule has 2 aromatic carbocycles. The third-order valence-electron chi connectivity index (χ3n) is 6.49. The van der Waals surface area contributed by atoms with Gasteiger partial charge in [-0.15, -0.1) is 0 Å². The summed E-state index contributed by atoms with van der Waals surface area (Å²) < 4.78 is 10.9. The Hall–Kier alpha value is -4.84. The van der Waals surface area contributed by atoms with Crippen LogP contribution in [0.1, 0.15) is 53.2 Å². The number of nitrogens with zero attached hydrogens (tertiary/aromatic N) is 1. The molecule has 0 spiro atoms. The lowest BCUT2D eigenvalue weighted by atomic mass is 9.90. The van der Waals surface area contributed by atoms with Crippen LogP contribution in [0.2, 0.25) is 0 Å². The number of carbonyl (C=O) groups is 4. The molecule has 3 amide bonds. The molecule has 41 heavy (non-hydrogen) atoms. The molecule has 5 N–H and O–H groups in total. The van der Waals surface area contributed by atoms with Gasteiger partial charge in [0, 0.05) is 0 Å². The van der Waals surface area contributed by atoms with E-state index in [-0.39, 0.29) is 48.1 Å². The summed E-state index contributed by atoms with van der Waals surface area (Å²) in [6.07, 6.45) is 1.46. The van der Waals surface area contributed by atoms with Gasteiger partial charge >= 0.3 is 5.97 Å². The largest absolute Gasteiger partial charge is 0.506 e. The minimum Gasteiger partial charge on any atom is -0.506 e. The highest BCUT2D eigenvalue weighted by Crippen LogP contribution is 2.37. The maximum Gasteiger partial charge on any atom is 0.339 e. The highest BCUT2D eigenvalue weighted by Gasteiger charge is 2.31. The summed E-state index contributed by atoms with van der Waals surface area (Å²) in [7, 11) is 0. The number of ether oxygens (including phenoxy) is 1. The lowest BCUT2D eigenvalue weighted by Crippen LogP contribution is -2.47. The van der Waals surface area contributed by atoms with Crippen molar-refractivity contribution >= 4 is 24.2 Å². The molecular formula is C29H33N3O9. The van der Waals surface area contributed by atoms with Crippen LogP contribution in [0, 0.1) is 5.92 Å². The number of carboxylic acids is 1. The normalized spacial score (nSPS) is 12.2. The third-order valence-corrected chi connectivity index (χ3v) is 6.49. The van der Waals surface area contributed by atoms with Gasteiger partial charge in [-0.3, -0.25) is 19.6 Å². The van der Waals surface area contributed by atoms with Crippen molar-refractivity contribution in [2.45, 2.75) is 39.2 Å². The van der Waals surface area contributed by atoms with E-state index in [1.54, 1.807) is 13.8 Å². The molecule has 12 nitrogen and oxygen atoms in total. The van der Waals surface area contributed by atoms with Gasteiger partial charge in [0.15, 0.2) is 5.76 Å². The van der Waals surface area contributed by atoms with E-state index in [1.165, 1.54) is 24.3 Å². The number of hydrogen-bond acceptors (Lipinski definition) is 8. The average Bonchev–Trinajstić information content (AvgIpc) is 3.46. The number of carboxylic acid groups (broad SMARTS) is 1. The Morgan fingerprint density at radius 3 is 2.44 bits per heavy atom. The van der Waals surface area contributed by atoms with Gasteiger partial charge in [0.2, 0.25) is 12.3 Å². The van der Waals surface area contributed by atoms with E-state index in [4.69, 9.17) is 9.15 Å². The number of aryl methyl sites for hydroxylation is 1. The Kier molecular flexibility index (Phi) is 10.9. The van der Waals surface area contributed by atoms with Crippen LogP contribution in [-0.4, -0.2) is 64.0 Å². The van der Waals surface area contributed by atoms with Crippen LogP contribution in [0.15, 0.2) is 59.0 Å². The molecule has 0 aliphatic rings. The second-order valence-electron chi connectivity index (χ2n) is 9.08. The molecule has 0 unspecified atom stereocenters. The van der Waals surface area contributed by atoms with Crippen LogP contribution in [0.5, 0.6) is 11.5 Å². The standard InChI is InChI=1S/C29H33N3O9/c1-3-23(32(39)17-33)20(11-10-18-8-6-5-7-9-18)27(35)30-16-31-28(36)25-13-12-24(41-25)21-14-19(40-4-2)15-22(26(21)34)29(37)38/h5-9,12-15,17,20,23,34,39H,3-4,10-11,16H2,1-2H3,(H,30,35)(H,31,36)(H,37,38)/t20-,23-/m1/s1. The number of nitrogens with one attached hydrogen (secondary N) is 2. The van der Waals surface area contributed by atoms with E-state index < -0.39 is 35.5 Å².